The number of thiazole rings is 1. The molecule has 0 amide bonds. The highest BCUT2D eigenvalue weighted by molar-refractivity contribution is 7.16. The van der Waals surface area contributed by atoms with Crippen LogP contribution in [0.2, 0.25) is 0 Å². The van der Waals surface area contributed by atoms with Crippen LogP contribution in [0.5, 0.6) is 5.75 Å². The van der Waals surface area contributed by atoms with E-state index in [1.54, 1.807) is 24.6 Å². The number of rotatable bonds is 7. The summed E-state index contributed by atoms with van der Waals surface area (Å²) in [5.41, 5.74) is 4.01. The molecule has 8 heteroatoms. The lowest BCUT2D eigenvalue weighted by molar-refractivity contribution is 0.0526. The number of carbonyl (C=O) groups is 1. The molecule has 0 unspecified atom stereocenters. The molecule has 2 aromatic heterocycles. The largest absolute Gasteiger partial charge is 0.497 e. The van der Waals surface area contributed by atoms with Gasteiger partial charge in [-0.05, 0) is 55.2 Å². The van der Waals surface area contributed by atoms with E-state index in [0.29, 0.717) is 28.7 Å². The quantitative estimate of drug-likeness (QED) is 0.262. The molecule has 0 aliphatic heterocycles. The highest BCUT2D eigenvalue weighted by Crippen LogP contribution is 2.44. The summed E-state index contributed by atoms with van der Waals surface area (Å²) in [7, 11) is 1.63. The maximum atomic E-state index is 12.9. The second-order valence-electron chi connectivity index (χ2n) is 9.82. The van der Waals surface area contributed by atoms with Gasteiger partial charge in [-0.25, -0.2) is 9.78 Å². The van der Waals surface area contributed by atoms with Crippen molar-refractivity contribution in [1.29, 1.82) is 5.26 Å². The van der Waals surface area contributed by atoms with Gasteiger partial charge in [0.05, 0.1) is 25.0 Å². The van der Waals surface area contributed by atoms with E-state index in [2.05, 4.69) is 37.1 Å². The number of carbonyl (C=O) groups excluding carboxylic acids is 1. The van der Waals surface area contributed by atoms with Crippen molar-refractivity contribution in [3.63, 3.8) is 0 Å². The fourth-order valence-corrected chi connectivity index (χ4v) is 6.52. The molecular weight excluding hydrogens is 490 g/mol. The summed E-state index contributed by atoms with van der Waals surface area (Å²) in [6.07, 6.45) is 4.50. The van der Waals surface area contributed by atoms with Crippen molar-refractivity contribution in [1.82, 2.24) is 4.98 Å². The highest BCUT2D eigenvalue weighted by Gasteiger charge is 2.34. The van der Waals surface area contributed by atoms with Gasteiger partial charge in [0, 0.05) is 22.0 Å². The van der Waals surface area contributed by atoms with E-state index in [0.717, 1.165) is 46.8 Å². The van der Waals surface area contributed by atoms with E-state index in [4.69, 9.17) is 9.47 Å². The minimum Gasteiger partial charge on any atom is -0.497 e. The van der Waals surface area contributed by atoms with Crippen molar-refractivity contribution >= 4 is 39.2 Å². The van der Waals surface area contributed by atoms with Crippen LogP contribution in [-0.4, -0.2) is 24.7 Å². The maximum absolute atomic E-state index is 12.9. The van der Waals surface area contributed by atoms with Gasteiger partial charge < -0.3 is 14.8 Å². The topological polar surface area (TPSA) is 84.2 Å². The molecule has 36 heavy (non-hydrogen) atoms. The van der Waals surface area contributed by atoms with E-state index in [1.807, 2.05) is 36.6 Å². The Labute approximate surface area is 220 Å². The van der Waals surface area contributed by atoms with Crippen LogP contribution >= 0.6 is 22.7 Å². The molecule has 1 aromatic carbocycles. The van der Waals surface area contributed by atoms with Gasteiger partial charge in [0.15, 0.2) is 0 Å². The van der Waals surface area contributed by atoms with E-state index < -0.39 is 0 Å². The molecule has 1 atom stereocenters. The summed E-state index contributed by atoms with van der Waals surface area (Å²) in [4.78, 5) is 18.8. The van der Waals surface area contributed by atoms with Crippen molar-refractivity contribution in [3.05, 3.63) is 56.9 Å². The number of nitrogens with zero attached hydrogens (tertiary/aromatic N) is 2. The minimum absolute atomic E-state index is 0.207. The van der Waals surface area contributed by atoms with Crippen molar-refractivity contribution in [2.45, 2.75) is 47.0 Å². The van der Waals surface area contributed by atoms with E-state index in [1.165, 1.54) is 16.2 Å². The van der Waals surface area contributed by atoms with Gasteiger partial charge >= 0.3 is 5.97 Å². The lowest BCUT2D eigenvalue weighted by Crippen LogP contribution is -2.26. The zero-order valence-electron chi connectivity index (χ0n) is 21.3. The molecule has 0 radical (unpaired) electrons. The van der Waals surface area contributed by atoms with Crippen molar-refractivity contribution in [2.75, 3.05) is 19.0 Å². The third kappa shape index (κ3) is 5.48. The lowest BCUT2D eigenvalue weighted by atomic mass is 9.72. The number of benzene rings is 1. The fraction of sp³-hybridized carbons (Fsp3) is 0.393. The first kappa shape index (κ1) is 25.9. The molecule has 1 aliphatic carbocycles. The zero-order chi connectivity index (χ0) is 25.9. The number of ether oxygens (including phenoxy) is 2. The predicted octanol–water partition coefficient (Wildman–Crippen LogP) is 7.18. The minimum atomic E-state index is -0.312. The summed E-state index contributed by atoms with van der Waals surface area (Å²) < 4.78 is 10.7. The number of fused-ring (bicyclic) bond motifs is 1. The Morgan fingerprint density at radius 2 is 2.17 bits per heavy atom. The molecule has 1 aliphatic rings. The highest BCUT2D eigenvalue weighted by atomic mass is 32.1. The zero-order valence-corrected chi connectivity index (χ0v) is 22.9. The number of hydrogen-bond acceptors (Lipinski definition) is 8. The normalized spacial score (nSPS) is 15.7. The predicted molar refractivity (Wildman–Crippen MR) is 147 cm³/mol. The third-order valence-electron chi connectivity index (χ3n) is 6.54. The second kappa shape index (κ2) is 10.9. The van der Waals surface area contributed by atoms with Crippen LogP contribution in [0.1, 0.15) is 59.9 Å². The monoisotopic (exact) mass is 521 g/mol. The summed E-state index contributed by atoms with van der Waals surface area (Å²) >= 11 is 3.00. The molecule has 0 fully saturated rings. The maximum Gasteiger partial charge on any atom is 0.341 e. The van der Waals surface area contributed by atoms with Gasteiger partial charge in [-0.2, -0.15) is 5.26 Å². The Morgan fingerprint density at radius 1 is 1.36 bits per heavy atom. The molecule has 0 saturated carbocycles. The molecular formula is C28H31N3O3S2. The second-order valence-corrected chi connectivity index (χ2v) is 11.8. The Kier molecular flexibility index (Phi) is 7.82. The molecule has 0 bridgehead atoms. The molecule has 188 valence electrons. The molecule has 4 rings (SSSR count). The summed E-state index contributed by atoms with van der Waals surface area (Å²) in [5, 5.41) is 16.4. The summed E-state index contributed by atoms with van der Waals surface area (Å²) in [6, 6.07) is 9.92. The standard InChI is InChI=1S/C28H31N3O3S2/c1-6-34-27(32)24-21-11-10-19(28(2,3)4)13-23(21)36-26(24)30-15-18(14-29)25-31-22(16-35-25)17-8-7-9-20(12-17)33-5/h7-9,12,15-16,19,30H,6,10-11,13H2,1-5H3/b18-15-/t19-/m1/s1. The first-order valence-electron chi connectivity index (χ1n) is 12.0. The average molecular weight is 522 g/mol. The number of aromatic nitrogens is 1. The van der Waals surface area contributed by atoms with E-state index >= 15 is 0 Å². The molecule has 6 nitrogen and oxygen atoms in total. The number of thiophene rings is 1. The van der Waals surface area contributed by atoms with Gasteiger partial charge in [0.2, 0.25) is 0 Å². The first-order valence-corrected chi connectivity index (χ1v) is 13.7. The number of anilines is 1. The van der Waals surface area contributed by atoms with Crippen LogP contribution in [0.4, 0.5) is 5.00 Å². The van der Waals surface area contributed by atoms with E-state index in [9.17, 15) is 10.1 Å². The number of allylic oxidation sites excluding steroid dienone is 1. The van der Waals surface area contributed by atoms with Crippen molar-refractivity contribution in [3.8, 4) is 23.1 Å². The van der Waals surface area contributed by atoms with Gasteiger partial charge in [-0.3, -0.25) is 0 Å². The Bertz CT molecular complexity index is 1320. The molecule has 1 N–H and O–H groups in total. The number of hydrogen-bond donors (Lipinski definition) is 1. The number of esters is 1. The lowest BCUT2D eigenvalue weighted by Gasteiger charge is -2.33. The number of methoxy groups -OCH3 is 1. The molecule has 2 heterocycles. The average Bonchev–Trinajstić information content (AvgIpc) is 3.49. The fourth-order valence-electron chi connectivity index (χ4n) is 4.44. The number of nitriles is 1. The Balaban J connectivity index is 1.63. The van der Waals surface area contributed by atoms with Crippen molar-refractivity contribution in [2.24, 2.45) is 11.3 Å². The van der Waals surface area contributed by atoms with Gasteiger partial charge in [-0.1, -0.05) is 32.9 Å². The summed E-state index contributed by atoms with van der Waals surface area (Å²) in [5.74, 6) is 0.997. The van der Waals surface area contributed by atoms with Crippen molar-refractivity contribution < 1.29 is 14.3 Å². The third-order valence-corrected chi connectivity index (χ3v) is 8.60. The molecule has 0 spiro atoms. The van der Waals surface area contributed by atoms with Crippen LogP contribution in [0, 0.1) is 22.7 Å². The van der Waals surface area contributed by atoms with Crippen LogP contribution in [-0.2, 0) is 17.6 Å². The van der Waals surface area contributed by atoms with Crippen LogP contribution < -0.4 is 10.1 Å². The van der Waals surface area contributed by atoms with Gasteiger partial charge in [0.25, 0.3) is 0 Å². The van der Waals surface area contributed by atoms with Gasteiger partial charge in [0.1, 0.15) is 27.4 Å². The smallest absolute Gasteiger partial charge is 0.341 e. The van der Waals surface area contributed by atoms with Crippen LogP contribution in [0.3, 0.4) is 0 Å². The Hall–Kier alpha value is -3.15. The van der Waals surface area contributed by atoms with Gasteiger partial charge in [-0.15, -0.1) is 22.7 Å². The molecule has 0 saturated heterocycles. The Morgan fingerprint density at radius 3 is 2.86 bits per heavy atom. The first-order chi connectivity index (χ1) is 17.2. The van der Waals surface area contributed by atoms with E-state index in [-0.39, 0.29) is 11.4 Å². The summed E-state index contributed by atoms with van der Waals surface area (Å²) in [6.45, 7) is 8.96. The van der Waals surface area contributed by atoms with Crippen LogP contribution in [0.15, 0.2) is 35.8 Å². The SMILES string of the molecule is CCOC(=O)c1c(N/C=C(/C#N)c2nc(-c3cccc(OC)c3)cs2)sc2c1CC[C@@H](C(C)(C)C)C2. The molecule has 3 aromatic rings. The number of nitrogens with one attached hydrogen (secondary N) is 1. The van der Waals surface area contributed by atoms with Crippen LogP contribution in [0.25, 0.3) is 16.8 Å².